The van der Waals surface area contributed by atoms with Crippen molar-refractivity contribution in [3.63, 3.8) is 0 Å². The molecule has 0 unspecified atom stereocenters. The Kier molecular flexibility index (Phi) is 4.08. The quantitative estimate of drug-likeness (QED) is 0.808. The number of carbonyl (C=O) groups is 1. The second-order valence-electron chi connectivity index (χ2n) is 3.40. The molecule has 18 heavy (non-hydrogen) atoms. The van der Waals surface area contributed by atoms with Gasteiger partial charge in [0.2, 0.25) is 5.95 Å². The van der Waals surface area contributed by atoms with Crippen molar-refractivity contribution >= 4 is 43.5 Å². The van der Waals surface area contributed by atoms with E-state index in [4.69, 9.17) is 0 Å². The summed E-state index contributed by atoms with van der Waals surface area (Å²) in [4.78, 5) is 15.4. The SMILES string of the molecule is O=C(Nc1c(Br)cccc1Br)c1cccc(F)n1. The molecular weight excluding hydrogens is 367 g/mol. The van der Waals surface area contributed by atoms with Crippen molar-refractivity contribution in [1.29, 1.82) is 0 Å². The van der Waals surface area contributed by atoms with Gasteiger partial charge in [0, 0.05) is 8.95 Å². The van der Waals surface area contributed by atoms with Crippen LogP contribution in [0.2, 0.25) is 0 Å². The molecular formula is C12H7Br2FN2O. The van der Waals surface area contributed by atoms with E-state index in [9.17, 15) is 9.18 Å². The third-order valence-electron chi connectivity index (χ3n) is 2.15. The number of rotatable bonds is 2. The number of anilines is 1. The molecule has 6 heteroatoms. The Morgan fingerprint density at radius 1 is 1.11 bits per heavy atom. The lowest BCUT2D eigenvalue weighted by molar-refractivity contribution is 0.102. The maximum atomic E-state index is 12.9. The van der Waals surface area contributed by atoms with Gasteiger partial charge in [-0.2, -0.15) is 4.39 Å². The van der Waals surface area contributed by atoms with Crippen LogP contribution in [0, 0.1) is 5.95 Å². The number of amides is 1. The maximum absolute atomic E-state index is 12.9. The molecule has 1 N–H and O–H groups in total. The normalized spacial score (nSPS) is 10.2. The van der Waals surface area contributed by atoms with Crippen LogP contribution in [-0.4, -0.2) is 10.9 Å². The highest BCUT2D eigenvalue weighted by molar-refractivity contribution is 9.11. The predicted octanol–water partition coefficient (Wildman–Crippen LogP) is 4.00. The molecule has 0 aliphatic rings. The number of halogens is 3. The summed E-state index contributed by atoms with van der Waals surface area (Å²) in [7, 11) is 0. The van der Waals surface area contributed by atoms with E-state index >= 15 is 0 Å². The number of hydrogen-bond acceptors (Lipinski definition) is 2. The van der Waals surface area contributed by atoms with Gasteiger partial charge < -0.3 is 5.32 Å². The van der Waals surface area contributed by atoms with Crippen LogP contribution in [0.4, 0.5) is 10.1 Å². The summed E-state index contributed by atoms with van der Waals surface area (Å²) in [5.41, 5.74) is 0.603. The molecule has 2 rings (SSSR count). The maximum Gasteiger partial charge on any atom is 0.274 e. The van der Waals surface area contributed by atoms with E-state index in [0.29, 0.717) is 5.69 Å². The van der Waals surface area contributed by atoms with Crippen LogP contribution < -0.4 is 5.32 Å². The Morgan fingerprint density at radius 3 is 2.33 bits per heavy atom. The minimum atomic E-state index is -0.686. The largest absolute Gasteiger partial charge is 0.319 e. The zero-order valence-electron chi connectivity index (χ0n) is 8.95. The first-order valence-corrected chi connectivity index (χ1v) is 6.54. The summed E-state index contributed by atoms with van der Waals surface area (Å²) >= 11 is 6.65. The lowest BCUT2D eigenvalue weighted by Crippen LogP contribution is -2.14. The Morgan fingerprint density at radius 2 is 1.72 bits per heavy atom. The van der Waals surface area contributed by atoms with Gasteiger partial charge >= 0.3 is 0 Å². The van der Waals surface area contributed by atoms with Gasteiger partial charge in [0.15, 0.2) is 0 Å². The van der Waals surface area contributed by atoms with Gasteiger partial charge in [0.1, 0.15) is 5.69 Å². The molecule has 0 saturated carbocycles. The highest BCUT2D eigenvalue weighted by atomic mass is 79.9. The molecule has 0 aliphatic heterocycles. The van der Waals surface area contributed by atoms with E-state index in [1.54, 1.807) is 12.1 Å². The van der Waals surface area contributed by atoms with Gasteiger partial charge in [-0.15, -0.1) is 0 Å². The number of pyridine rings is 1. The molecule has 1 aromatic carbocycles. The fraction of sp³-hybridized carbons (Fsp3) is 0. The monoisotopic (exact) mass is 372 g/mol. The first kappa shape index (κ1) is 13.2. The predicted molar refractivity (Wildman–Crippen MR) is 74.0 cm³/mol. The second-order valence-corrected chi connectivity index (χ2v) is 5.11. The van der Waals surface area contributed by atoms with Crippen LogP contribution in [0.3, 0.4) is 0 Å². The van der Waals surface area contributed by atoms with Crippen molar-refractivity contribution in [2.45, 2.75) is 0 Å². The summed E-state index contributed by atoms with van der Waals surface area (Å²) in [5, 5.41) is 2.66. The average Bonchev–Trinajstić information content (AvgIpc) is 2.34. The van der Waals surface area contributed by atoms with E-state index in [1.165, 1.54) is 18.2 Å². The molecule has 0 spiro atoms. The summed E-state index contributed by atoms with van der Waals surface area (Å²) in [6, 6.07) is 9.48. The van der Waals surface area contributed by atoms with Crippen LogP contribution in [0.1, 0.15) is 10.5 Å². The number of nitrogens with one attached hydrogen (secondary N) is 1. The Hall–Kier alpha value is -1.27. The van der Waals surface area contributed by atoms with Crippen molar-refractivity contribution in [2.75, 3.05) is 5.32 Å². The van der Waals surface area contributed by atoms with Crippen LogP contribution in [-0.2, 0) is 0 Å². The van der Waals surface area contributed by atoms with Gasteiger partial charge in [-0.05, 0) is 56.1 Å². The second kappa shape index (κ2) is 5.58. The number of benzene rings is 1. The Bertz CT molecular complexity index is 584. The molecule has 0 atom stereocenters. The van der Waals surface area contributed by atoms with Gasteiger partial charge in [-0.1, -0.05) is 12.1 Å². The zero-order valence-corrected chi connectivity index (χ0v) is 12.1. The molecule has 0 bridgehead atoms. The third kappa shape index (κ3) is 2.94. The van der Waals surface area contributed by atoms with E-state index in [2.05, 4.69) is 42.2 Å². The number of carbonyl (C=O) groups excluding carboxylic acids is 1. The van der Waals surface area contributed by atoms with Crippen molar-refractivity contribution in [1.82, 2.24) is 4.98 Å². The average molecular weight is 374 g/mol. The fourth-order valence-electron chi connectivity index (χ4n) is 1.33. The van der Waals surface area contributed by atoms with E-state index in [-0.39, 0.29) is 5.69 Å². The third-order valence-corrected chi connectivity index (χ3v) is 3.47. The molecule has 0 aliphatic carbocycles. The molecule has 3 nitrogen and oxygen atoms in total. The topological polar surface area (TPSA) is 42.0 Å². The zero-order chi connectivity index (χ0) is 13.1. The van der Waals surface area contributed by atoms with Crippen molar-refractivity contribution in [3.8, 4) is 0 Å². The number of para-hydroxylation sites is 1. The van der Waals surface area contributed by atoms with Gasteiger partial charge in [0.05, 0.1) is 5.69 Å². The molecule has 1 aromatic heterocycles. The summed E-state index contributed by atoms with van der Waals surface area (Å²) < 4.78 is 14.4. The van der Waals surface area contributed by atoms with Crippen molar-refractivity contribution in [3.05, 3.63) is 57.0 Å². The van der Waals surface area contributed by atoms with Crippen LogP contribution in [0.25, 0.3) is 0 Å². The highest BCUT2D eigenvalue weighted by Crippen LogP contribution is 2.30. The minimum absolute atomic E-state index is 0.0256. The van der Waals surface area contributed by atoms with Crippen molar-refractivity contribution < 1.29 is 9.18 Å². The van der Waals surface area contributed by atoms with Crippen LogP contribution >= 0.6 is 31.9 Å². The number of nitrogens with zero attached hydrogens (tertiary/aromatic N) is 1. The molecule has 1 heterocycles. The Labute approximate surface area is 120 Å². The first-order chi connectivity index (χ1) is 8.58. The standard InChI is InChI=1S/C12H7Br2FN2O/c13-7-3-1-4-8(14)11(7)17-12(18)9-5-2-6-10(15)16-9/h1-6H,(H,17,18). The summed E-state index contributed by atoms with van der Waals surface area (Å²) in [5.74, 6) is -1.16. The first-order valence-electron chi connectivity index (χ1n) is 4.96. The highest BCUT2D eigenvalue weighted by Gasteiger charge is 2.12. The van der Waals surface area contributed by atoms with E-state index < -0.39 is 11.9 Å². The molecule has 92 valence electrons. The van der Waals surface area contributed by atoms with Crippen LogP contribution in [0.5, 0.6) is 0 Å². The molecule has 0 saturated heterocycles. The van der Waals surface area contributed by atoms with Gasteiger partial charge in [-0.25, -0.2) is 4.98 Å². The summed E-state index contributed by atoms with van der Waals surface area (Å²) in [6.45, 7) is 0. The number of aromatic nitrogens is 1. The molecule has 0 fully saturated rings. The smallest absolute Gasteiger partial charge is 0.274 e. The van der Waals surface area contributed by atoms with E-state index in [0.717, 1.165) is 8.95 Å². The number of hydrogen-bond donors (Lipinski definition) is 1. The van der Waals surface area contributed by atoms with Crippen molar-refractivity contribution in [2.24, 2.45) is 0 Å². The summed E-state index contributed by atoms with van der Waals surface area (Å²) in [6.07, 6.45) is 0. The van der Waals surface area contributed by atoms with E-state index in [1.807, 2.05) is 6.07 Å². The molecule has 0 radical (unpaired) electrons. The molecule has 1 amide bonds. The minimum Gasteiger partial charge on any atom is -0.319 e. The lowest BCUT2D eigenvalue weighted by Gasteiger charge is -2.08. The lowest BCUT2D eigenvalue weighted by atomic mass is 10.3. The fourth-order valence-corrected chi connectivity index (χ4v) is 2.53. The van der Waals surface area contributed by atoms with Gasteiger partial charge in [0.25, 0.3) is 5.91 Å². The van der Waals surface area contributed by atoms with Crippen LogP contribution in [0.15, 0.2) is 45.3 Å². The Balaban J connectivity index is 2.27. The van der Waals surface area contributed by atoms with Gasteiger partial charge in [-0.3, -0.25) is 4.79 Å². The molecule has 2 aromatic rings.